The maximum Gasteiger partial charge on any atom is 0.274 e. The van der Waals surface area contributed by atoms with Gasteiger partial charge in [-0.3, -0.25) is 9.78 Å². The number of hydrogen-bond acceptors (Lipinski definition) is 2. The van der Waals surface area contributed by atoms with Crippen LogP contribution < -0.4 is 5.32 Å². The number of rotatable bonds is 2. The summed E-state index contributed by atoms with van der Waals surface area (Å²) in [7, 11) is 0. The second kappa shape index (κ2) is 5.28. The smallest absolute Gasteiger partial charge is 0.274 e. The quantitative estimate of drug-likeness (QED) is 0.778. The number of benzene rings is 2. The van der Waals surface area contributed by atoms with Crippen LogP contribution in [0.5, 0.6) is 0 Å². The van der Waals surface area contributed by atoms with Crippen LogP contribution in [0, 0.1) is 11.6 Å². The second-order valence-corrected chi connectivity index (χ2v) is 4.49. The van der Waals surface area contributed by atoms with E-state index in [2.05, 4.69) is 10.3 Å². The van der Waals surface area contributed by atoms with Crippen LogP contribution in [-0.2, 0) is 0 Å². The molecule has 0 unspecified atom stereocenters. The highest BCUT2D eigenvalue weighted by Crippen LogP contribution is 2.17. The van der Waals surface area contributed by atoms with Gasteiger partial charge in [0.25, 0.3) is 5.91 Å². The molecule has 0 atom stereocenters. The van der Waals surface area contributed by atoms with Crippen molar-refractivity contribution in [3.63, 3.8) is 0 Å². The fraction of sp³-hybridized carbons (Fsp3) is 0. The first kappa shape index (κ1) is 13.2. The SMILES string of the molecule is O=C(Nc1ccc(F)cc1F)c1cc2ccccc2cn1. The van der Waals surface area contributed by atoms with Crippen molar-refractivity contribution in [2.45, 2.75) is 0 Å². The van der Waals surface area contributed by atoms with E-state index >= 15 is 0 Å². The molecule has 3 nitrogen and oxygen atoms in total. The van der Waals surface area contributed by atoms with Gasteiger partial charge in [-0.15, -0.1) is 0 Å². The van der Waals surface area contributed by atoms with E-state index in [0.717, 1.165) is 16.8 Å². The number of fused-ring (bicyclic) bond motifs is 1. The lowest BCUT2D eigenvalue weighted by molar-refractivity contribution is 0.102. The van der Waals surface area contributed by atoms with Crippen molar-refractivity contribution in [2.24, 2.45) is 0 Å². The van der Waals surface area contributed by atoms with Gasteiger partial charge in [-0.1, -0.05) is 24.3 Å². The summed E-state index contributed by atoms with van der Waals surface area (Å²) in [6.07, 6.45) is 1.57. The van der Waals surface area contributed by atoms with E-state index in [1.165, 1.54) is 6.07 Å². The molecule has 3 rings (SSSR count). The zero-order chi connectivity index (χ0) is 14.8. The van der Waals surface area contributed by atoms with Gasteiger partial charge < -0.3 is 5.32 Å². The first-order valence-electron chi connectivity index (χ1n) is 6.25. The van der Waals surface area contributed by atoms with Crippen LogP contribution in [0.15, 0.2) is 54.7 Å². The number of carbonyl (C=O) groups is 1. The molecular weight excluding hydrogens is 274 g/mol. The number of amides is 1. The third-order valence-electron chi connectivity index (χ3n) is 3.04. The fourth-order valence-electron chi connectivity index (χ4n) is 1.98. The average molecular weight is 284 g/mol. The molecule has 0 aliphatic rings. The number of carbonyl (C=O) groups excluding carboxylic acids is 1. The van der Waals surface area contributed by atoms with Crippen LogP contribution in [0.1, 0.15) is 10.5 Å². The Balaban J connectivity index is 1.89. The molecule has 1 N–H and O–H groups in total. The van der Waals surface area contributed by atoms with Gasteiger partial charge in [-0.05, 0) is 23.6 Å². The summed E-state index contributed by atoms with van der Waals surface area (Å²) in [6.45, 7) is 0. The monoisotopic (exact) mass is 284 g/mol. The molecule has 0 aliphatic carbocycles. The lowest BCUT2D eigenvalue weighted by atomic mass is 10.1. The molecule has 0 bridgehead atoms. The Hall–Kier alpha value is -2.82. The molecule has 1 aromatic heterocycles. The zero-order valence-electron chi connectivity index (χ0n) is 10.8. The summed E-state index contributed by atoms with van der Waals surface area (Å²) >= 11 is 0. The van der Waals surface area contributed by atoms with Gasteiger partial charge in [0.1, 0.15) is 17.3 Å². The number of pyridine rings is 1. The molecule has 1 amide bonds. The number of nitrogens with zero attached hydrogens (tertiary/aromatic N) is 1. The highest BCUT2D eigenvalue weighted by molar-refractivity contribution is 6.04. The van der Waals surface area contributed by atoms with Crippen molar-refractivity contribution >= 4 is 22.4 Å². The number of nitrogens with one attached hydrogen (secondary N) is 1. The summed E-state index contributed by atoms with van der Waals surface area (Å²) in [5, 5.41) is 4.14. The van der Waals surface area contributed by atoms with Gasteiger partial charge in [-0.2, -0.15) is 0 Å². The lowest BCUT2D eigenvalue weighted by Gasteiger charge is -2.06. The molecule has 5 heteroatoms. The fourth-order valence-corrected chi connectivity index (χ4v) is 1.98. The Morgan fingerprint density at radius 2 is 1.76 bits per heavy atom. The standard InChI is InChI=1S/C16H10F2N2O/c17-12-5-6-14(13(18)8-12)20-16(21)15-7-10-3-1-2-4-11(10)9-19-15/h1-9H,(H,20,21). The Labute approximate surface area is 119 Å². The third kappa shape index (κ3) is 2.72. The Kier molecular flexibility index (Phi) is 3.31. The molecule has 1 heterocycles. The molecule has 21 heavy (non-hydrogen) atoms. The highest BCUT2D eigenvalue weighted by Gasteiger charge is 2.11. The molecule has 0 fully saturated rings. The highest BCUT2D eigenvalue weighted by atomic mass is 19.1. The predicted octanol–water partition coefficient (Wildman–Crippen LogP) is 3.77. The van der Waals surface area contributed by atoms with Crippen molar-refractivity contribution in [1.82, 2.24) is 4.98 Å². The molecule has 0 saturated heterocycles. The Morgan fingerprint density at radius 3 is 2.52 bits per heavy atom. The van der Waals surface area contributed by atoms with E-state index in [9.17, 15) is 13.6 Å². The normalized spacial score (nSPS) is 10.6. The molecule has 0 radical (unpaired) electrons. The zero-order valence-corrected chi connectivity index (χ0v) is 10.8. The van der Waals surface area contributed by atoms with Gasteiger partial charge in [0.15, 0.2) is 0 Å². The molecule has 2 aromatic carbocycles. The topological polar surface area (TPSA) is 42.0 Å². The first-order chi connectivity index (χ1) is 10.1. The minimum atomic E-state index is -0.830. The van der Waals surface area contributed by atoms with E-state index in [4.69, 9.17) is 0 Å². The van der Waals surface area contributed by atoms with Crippen molar-refractivity contribution < 1.29 is 13.6 Å². The van der Waals surface area contributed by atoms with Crippen molar-refractivity contribution in [3.8, 4) is 0 Å². The lowest BCUT2D eigenvalue weighted by Crippen LogP contribution is -2.14. The molecule has 0 spiro atoms. The molecule has 3 aromatic rings. The summed E-state index contributed by atoms with van der Waals surface area (Å²) in [6, 6.07) is 12.0. The number of aromatic nitrogens is 1. The van der Waals surface area contributed by atoms with Gasteiger partial charge in [0.05, 0.1) is 5.69 Å². The second-order valence-electron chi connectivity index (χ2n) is 4.49. The third-order valence-corrected chi connectivity index (χ3v) is 3.04. The molecular formula is C16H10F2N2O. The Morgan fingerprint density at radius 1 is 1.00 bits per heavy atom. The van der Waals surface area contributed by atoms with Crippen LogP contribution in [0.25, 0.3) is 10.8 Å². The van der Waals surface area contributed by atoms with Crippen molar-refractivity contribution in [1.29, 1.82) is 0 Å². The first-order valence-corrected chi connectivity index (χ1v) is 6.25. The maximum atomic E-state index is 13.5. The molecule has 0 aliphatic heterocycles. The van der Waals surface area contributed by atoms with Crippen LogP contribution in [0.3, 0.4) is 0 Å². The van der Waals surface area contributed by atoms with E-state index < -0.39 is 17.5 Å². The predicted molar refractivity (Wildman–Crippen MR) is 76.1 cm³/mol. The minimum Gasteiger partial charge on any atom is -0.318 e. The minimum absolute atomic E-state index is 0.0867. The van der Waals surface area contributed by atoms with Crippen LogP contribution >= 0.6 is 0 Å². The maximum absolute atomic E-state index is 13.5. The van der Waals surface area contributed by atoms with Gasteiger partial charge in [0, 0.05) is 17.6 Å². The molecule has 0 saturated carbocycles. The summed E-state index contributed by atoms with van der Waals surface area (Å²) in [5.41, 5.74) is 0.0776. The van der Waals surface area contributed by atoms with Gasteiger partial charge >= 0.3 is 0 Å². The van der Waals surface area contributed by atoms with Crippen LogP contribution in [0.4, 0.5) is 14.5 Å². The summed E-state index contributed by atoms with van der Waals surface area (Å²) < 4.78 is 26.3. The van der Waals surface area contributed by atoms with E-state index in [1.807, 2.05) is 24.3 Å². The average Bonchev–Trinajstić information content (AvgIpc) is 2.49. The van der Waals surface area contributed by atoms with Crippen molar-refractivity contribution in [3.05, 3.63) is 72.1 Å². The van der Waals surface area contributed by atoms with E-state index in [0.29, 0.717) is 6.07 Å². The number of anilines is 1. The summed E-state index contributed by atoms with van der Waals surface area (Å²) in [4.78, 5) is 16.1. The molecule has 104 valence electrons. The van der Waals surface area contributed by atoms with Crippen LogP contribution in [-0.4, -0.2) is 10.9 Å². The largest absolute Gasteiger partial charge is 0.318 e. The Bertz CT molecular complexity index is 833. The van der Waals surface area contributed by atoms with E-state index in [1.54, 1.807) is 12.3 Å². The van der Waals surface area contributed by atoms with E-state index in [-0.39, 0.29) is 11.4 Å². The number of hydrogen-bond donors (Lipinski definition) is 1. The number of halogens is 2. The van der Waals surface area contributed by atoms with Crippen molar-refractivity contribution in [2.75, 3.05) is 5.32 Å². The van der Waals surface area contributed by atoms with Gasteiger partial charge in [-0.25, -0.2) is 8.78 Å². The summed E-state index contributed by atoms with van der Waals surface area (Å²) in [5.74, 6) is -2.08. The van der Waals surface area contributed by atoms with Gasteiger partial charge in [0.2, 0.25) is 0 Å². The van der Waals surface area contributed by atoms with Crippen LogP contribution in [0.2, 0.25) is 0 Å².